The molecule has 0 saturated carbocycles. The number of nitrogens with one attached hydrogen (secondary N) is 1. The SMILES string of the molecule is CCOCCCNc1nccn1C1CCc2ccccc21. The third-order valence-electron chi connectivity index (χ3n) is 4.06. The van der Waals surface area contributed by atoms with Gasteiger partial charge in [-0.3, -0.25) is 0 Å². The second-order valence-corrected chi connectivity index (χ2v) is 5.39. The maximum absolute atomic E-state index is 5.36. The summed E-state index contributed by atoms with van der Waals surface area (Å²) in [5, 5.41) is 3.43. The molecule has 1 heterocycles. The van der Waals surface area contributed by atoms with Crippen molar-refractivity contribution in [3.05, 3.63) is 47.8 Å². The van der Waals surface area contributed by atoms with Crippen molar-refractivity contribution in [3.63, 3.8) is 0 Å². The van der Waals surface area contributed by atoms with E-state index in [2.05, 4.69) is 45.3 Å². The third-order valence-corrected chi connectivity index (χ3v) is 4.06. The minimum atomic E-state index is 0.415. The standard InChI is InChI=1S/C17H23N3O/c1-2-21-13-5-10-18-17-19-11-12-20(17)16-9-8-14-6-3-4-7-15(14)16/h3-4,6-7,11-12,16H,2,5,8-10,13H2,1H3,(H,18,19). The first-order valence-corrected chi connectivity index (χ1v) is 7.82. The second kappa shape index (κ2) is 6.76. The van der Waals surface area contributed by atoms with Crippen LogP contribution in [0.2, 0.25) is 0 Å². The summed E-state index contributed by atoms with van der Waals surface area (Å²) in [5.74, 6) is 0.966. The molecule has 3 rings (SSSR count). The predicted molar refractivity (Wildman–Crippen MR) is 84.7 cm³/mol. The Hall–Kier alpha value is -1.81. The van der Waals surface area contributed by atoms with Gasteiger partial charge in [-0.2, -0.15) is 0 Å². The molecule has 0 saturated heterocycles. The molecule has 0 spiro atoms. The van der Waals surface area contributed by atoms with Crippen LogP contribution in [-0.4, -0.2) is 29.3 Å². The Labute approximate surface area is 126 Å². The first kappa shape index (κ1) is 14.1. The molecule has 1 aliphatic carbocycles. The summed E-state index contributed by atoms with van der Waals surface area (Å²) < 4.78 is 7.63. The lowest BCUT2D eigenvalue weighted by atomic mass is 10.1. The summed E-state index contributed by atoms with van der Waals surface area (Å²) in [5.41, 5.74) is 2.91. The van der Waals surface area contributed by atoms with Crippen LogP contribution < -0.4 is 5.32 Å². The largest absolute Gasteiger partial charge is 0.382 e. The van der Waals surface area contributed by atoms with E-state index in [4.69, 9.17) is 4.74 Å². The van der Waals surface area contributed by atoms with E-state index >= 15 is 0 Å². The molecular weight excluding hydrogens is 262 g/mol. The highest BCUT2D eigenvalue weighted by atomic mass is 16.5. The van der Waals surface area contributed by atoms with Crippen LogP contribution in [0.1, 0.15) is 36.9 Å². The summed E-state index contributed by atoms with van der Waals surface area (Å²) in [6.45, 7) is 4.51. The smallest absolute Gasteiger partial charge is 0.203 e. The number of imidazole rings is 1. The van der Waals surface area contributed by atoms with E-state index in [1.54, 1.807) is 0 Å². The lowest BCUT2D eigenvalue weighted by Crippen LogP contribution is -2.14. The number of hydrogen-bond donors (Lipinski definition) is 1. The van der Waals surface area contributed by atoms with E-state index in [1.807, 2.05) is 13.1 Å². The van der Waals surface area contributed by atoms with E-state index in [1.165, 1.54) is 11.1 Å². The van der Waals surface area contributed by atoms with Crippen LogP contribution in [0.25, 0.3) is 0 Å². The van der Waals surface area contributed by atoms with Gasteiger partial charge < -0.3 is 14.6 Å². The Balaban J connectivity index is 1.66. The molecule has 1 N–H and O–H groups in total. The molecule has 4 nitrogen and oxygen atoms in total. The predicted octanol–water partition coefficient (Wildman–Crippen LogP) is 3.26. The second-order valence-electron chi connectivity index (χ2n) is 5.39. The van der Waals surface area contributed by atoms with Gasteiger partial charge in [0.1, 0.15) is 0 Å². The molecule has 0 bridgehead atoms. The monoisotopic (exact) mass is 285 g/mol. The molecule has 1 aliphatic rings. The zero-order valence-electron chi connectivity index (χ0n) is 12.6. The van der Waals surface area contributed by atoms with Crippen LogP contribution in [0.5, 0.6) is 0 Å². The highest BCUT2D eigenvalue weighted by Crippen LogP contribution is 2.35. The quantitative estimate of drug-likeness (QED) is 0.794. The van der Waals surface area contributed by atoms with Crippen LogP contribution in [0.15, 0.2) is 36.7 Å². The van der Waals surface area contributed by atoms with Gasteiger partial charge in [-0.05, 0) is 37.3 Å². The van der Waals surface area contributed by atoms with Crippen molar-refractivity contribution in [1.29, 1.82) is 0 Å². The molecular formula is C17H23N3O. The normalized spacial score (nSPS) is 16.9. The number of rotatable bonds is 7. The number of anilines is 1. The van der Waals surface area contributed by atoms with Crippen LogP contribution in [0.3, 0.4) is 0 Å². The van der Waals surface area contributed by atoms with Crippen LogP contribution >= 0.6 is 0 Å². The van der Waals surface area contributed by atoms with E-state index in [-0.39, 0.29) is 0 Å². The van der Waals surface area contributed by atoms with Gasteiger partial charge >= 0.3 is 0 Å². The van der Waals surface area contributed by atoms with E-state index < -0.39 is 0 Å². The average Bonchev–Trinajstić information content (AvgIpc) is 3.13. The summed E-state index contributed by atoms with van der Waals surface area (Å²) in [6.07, 6.45) is 7.28. The molecule has 1 aromatic carbocycles. The fourth-order valence-electron chi connectivity index (χ4n) is 3.04. The minimum Gasteiger partial charge on any atom is -0.382 e. The summed E-state index contributed by atoms with van der Waals surface area (Å²) in [6, 6.07) is 9.15. The number of nitrogens with zero attached hydrogens (tertiary/aromatic N) is 2. The molecule has 0 fully saturated rings. The summed E-state index contributed by atoms with van der Waals surface area (Å²) in [7, 11) is 0. The zero-order valence-corrected chi connectivity index (χ0v) is 12.6. The molecule has 1 atom stereocenters. The molecule has 4 heteroatoms. The molecule has 2 aromatic rings. The molecule has 21 heavy (non-hydrogen) atoms. The van der Waals surface area contributed by atoms with Crippen molar-refractivity contribution in [2.75, 3.05) is 25.1 Å². The van der Waals surface area contributed by atoms with Gasteiger partial charge in [-0.1, -0.05) is 24.3 Å². The van der Waals surface area contributed by atoms with Gasteiger partial charge in [0.25, 0.3) is 0 Å². The minimum absolute atomic E-state index is 0.415. The van der Waals surface area contributed by atoms with Crippen molar-refractivity contribution in [1.82, 2.24) is 9.55 Å². The highest BCUT2D eigenvalue weighted by Gasteiger charge is 2.24. The number of benzene rings is 1. The molecule has 0 aliphatic heterocycles. The third kappa shape index (κ3) is 3.10. The molecule has 1 unspecified atom stereocenters. The zero-order chi connectivity index (χ0) is 14.5. The topological polar surface area (TPSA) is 39.1 Å². The average molecular weight is 285 g/mol. The number of aromatic nitrogens is 2. The Bertz CT molecular complexity index is 579. The first-order chi connectivity index (χ1) is 10.4. The number of ether oxygens (including phenoxy) is 1. The van der Waals surface area contributed by atoms with Crippen molar-refractivity contribution < 1.29 is 4.74 Å². The number of hydrogen-bond acceptors (Lipinski definition) is 3. The highest BCUT2D eigenvalue weighted by molar-refractivity contribution is 5.38. The summed E-state index contributed by atoms with van der Waals surface area (Å²) in [4.78, 5) is 4.46. The fraction of sp³-hybridized carbons (Fsp3) is 0.471. The first-order valence-electron chi connectivity index (χ1n) is 7.82. The van der Waals surface area contributed by atoms with Crippen LogP contribution in [-0.2, 0) is 11.2 Å². The number of fused-ring (bicyclic) bond motifs is 1. The maximum Gasteiger partial charge on any atom is 0.203 e. The van der Waals surface area contributed by atoms with Crippen molar-refractivity contribution in [3.8, 4) is 0 Å². The Morgan fingerprint density at radius 3 is 3.19 bits per heavy atom. The van der Waals surface area contributed by atoms with Crippen LogP contribution in [0, 0.1) is 0 Å². The Morgan fingerprint density at radius 2 is 2.29 bits per heavy atom. The number of aryl methyl sites for hydroxylation is 1. The maximum atomic E-state index is 5.36. The molecule has 1 aromatic heterocycles. The Kier molecular flexibility index (Phi) is 4.55. The summed E-state index contributed by atoms with van der Waals surface area (Å²) >= 11 is 0. The lowest BCUT2D eigenvalue weighted by molar-refractivity contribution is 0.147. The van der Waals surface area contributed by atoms with Gasteiger partial charge in [0, 0.05) is 32.2 Å². The van der Waals surface area contributed by atoms with Crippen molar-refractivity contribution in [2.45, 2.75) is 32.2 Å². The lowest BCUT2D eigenvalue weighted by Gasteiger charge is -2.17. The van der Waals surface area contributed by atoms with Gasteiger partial charge in [0.15, 0.2) is 0 Å². The molecule has 0 amide bonds. The van der Waals surface area contributed by atoms with Gasteiger partial charge in [-0.25, -0.2) is 4.98 Å². The van der Waals surface area contributed by atoms with Crippen LogP contribution in [0.4, 0.5) is 5.95 Å². The fourth-order valence-corrected chi connectivity index (χ4v) is 3.04. The van der Waals surface area contributed by atoms with E-state index in [0.717, 1.165) is 45.0 Å². The van der Waals surface area contributed by atoms with Gasteiger partial charge in [0.2, 0.25) is 5.95 Å². The van der Waals surface area contributed by atoms with Crippen molar-refractivity contribution >= 4 is 5.95 Å². The van der Waals surface area contributed by atoms with Gasteiger partial charge in [-0.15, -0.1) is 0 Å². The van der Waals surface area contributed by atoms with E-state index in [0.29, 0.717) is 6.04 Å². The van der Waals surface area contributed by atoms with E-state index in [9.17, 15) is 0 Å². The Morgan fingerprint density at radius 1 is 1.38 bits per heavy atom. The van der Waals surface area contributed by atoms with Gasteiger partial charge in [0.05, 0.1) is 6.04 Å². The van der Waals surface area contributed by atoms with Crippen molar-refractivity contribution in [2.24, 2.45) is 0 Å². The molecule has 0 radical (unpaired) electrons. The molecule has 112 valence electrons.